The lowest BCUT2D eigenvalue weighted by Crippen LogP contribution is -2.34. The zero-order chi connectivity index (χ0) is 13.9. The number of benzene rings is 1. The number of aliphatic imine (C=N–C) groups is 1. The molecule has 0 radical (unpaired) electrons. The Balaban J connectivity index is 2.12. The normalized spacial score (nSPS) is 24.6. The molecule has 1 aliphatic rings. The topological polar surface area (TPSA) is 50.4 Å². The first-order valence-corrected chi connectivity index (χ1v) is 8.99. The maximum Gasteiger partial charge on any atom is 0.173 e. The average molecular weight is 379 g/mol. The molecule has 1 aliphatic heterocycles. The van der Waals surface area contributed by atoms with E-state index in [9.17, 15) is 0 Å². The molecule has 3 N–H and O–H groups in total. The molecule has 0 aromatic heterocycles. The maximum atomic E-state index is 5.99. The number of nitrogens with two attached hydrogens (primary N) is 1. The Kier molecular flexibility index (Phi) is 4.89. The van der Waals surface area contributed by atoms with Crippen LogP contribution in [-0.4, -0.2) is 14.8 Å². The highest BCUT2D eigenvalue weighted by atomic mass is 79.9. The monoisotopic (exact) mass is 377 g/mol. The number of hydrogen-bond donors (Lipinski definition) is 2. The Morgan fingerprint density at radius 1 is 1.53 bits per heavy atom. The first-order valence-electron chi connectivity index (χ1n) is 5.54. The van der Waals surface area contributed by atoms with Crippen LogP contribution in [0.1, 0.15) is 5.56 Å². The van der Waals surface area contributed by atoms with E-state index in [4.69, 9.17) is 29.6 Å². The van der Waals surface area contributed by atoms with Crippen LogP contribution in [0.4, 0.5) is 0 Å². The molecule has 1 heterocycles. The van der Waals surface area contributed by atoms with E-state index in [1.807, 2.05) is 23.6 Å². The van der Waals surface area contributed by atoms with E-state index in [0.717, 1.165) is 21.1 Å². The molecule has 0 bridgehead atoms. The van der Waals surface area contributed by atoms with Crippen LogP contribution >= 0.6 is 50.0 Å². The molecule has 1 atom stereocenters. The molecule has 1 aromatic rings. The molecule has 1 unspecified atom stereocenters. The third kappa shape index (κ3) is 3.72. The van der Waals surface area contributed by atoms with Gasteiger partial charge in [-0.15, -0.1) is 0 Å². The van der Waals surface area contributed by atoms with Gasteiger partial charge in [-0.2, -0.15) is 0 Å². The fourth-order valence-electron chi connectivity index (χ4n) is 1.77. The van der Waals surface area contributed by atoms with Gasteiger partial charge in [0.2, 0.25) is 0 Å². The minimum Gasteiger partial charge on any atom is -0.376 e. The van der Waals surface area contributed by atoms with Crippen molar-refractivity contribution in [2.24, 2.45) is 10.7 Å². The van der Waals surface area contributed by atoms with Crippen LogP contribution < -0.4 is 10.5 Å². The third-order valence-corrected chi connectivity index (χ3v) is 7.78. The van der Waals surface area contributed by atoms with E-state index in [2.05, 4.69) is 31.7 Å². The van der Waals surface area contributed by atoms with Gasteiger partial charge < -0.3 is 10.5 Å². The van der Waals surface area contributed by atoms with Crippen molar-refractivity contribution in [2.45, 2.75) is 6.42 Å². The minimum atomic E-state index is -1.42. The van der Waals surface area contributed by atoms with Crippen LogP contribution in [0.2, 0.25) is 5.02 Å². The van der Waals surface area contributed by atoms with Gasteiger partial charge in [-0.25, -0.2) is 4.99 Å². The lowest BCUT2D eigenvalue weighted by Gasteiger charge is -2.34. The zero-order valence-electron chi connectivity index (χ0n) is 9.98. The summed E-state index contributed by atoms with van der Waals surface area (Å²) in [6.07, 6.45) is 2.66. The van der Waals surface area contributed by atoms with Crippen molar-refractivity contribution in [1.29, 1.82) is 0 Å². The number of nitrogens with zero attached hydrogens (tertiary/aromatic N) is 1. The number of rotatable bonds is 4. The van der Waals surface area contributed by atoms with Gasteiger partial charge in [0.15, 0.2) is 5.11 Å². The summed E-state index contributed by atoms with van der Waals surface area (Å²) in [5, 5.41) is 3.08. The first kappa shape index (κ1) is 14.8. The summed E-state index contributed by atoms with van der Waals surface area (Å²) < 4.78 is 4.06. The molecule has 7 heteroatoms. The predicted molar refractivity (Wildman–Crippen MR) is 93.0 cm³/mol. The summed E-state index contributed by atoms with van der Waals surface area (Å²) in [7, 11) is -1.42. The molecule has 1 aromatic carbocycles. The lowest BCUT2D eigenvalue weighted by molar-refractivity contribution is 1.14. The fourth-order valence-corrected chi connectivity index (χ4v) is 5.71. The highest BCUT2D eigenvalue weighted by Crippen LogP contribution is 2.52. The van der Waals surface area contributed by atoms with Gasteiger partial charge in [-0.3, -0.25) is 0 Å². The summed E-state index contributed by atoms with van der Waals surface area (Å²) in [6, 6.07) is 7.85. The number of hydrogen-bond acceptors (Lipinski definition) is 2. The number of thiocarbonyl (C=S) groups is 1. The summed E-state index contributed by atoms with van der Waals surface area (Å²) in [6.45, 7) is 0. The largest absolute Gasteiger partial charge is 0.376 e. The molecule has 19 heavy (non-hydrogen) atoms. The van der Waals surface area contributed by atoms with E-state index < -0.39 is 10.2 Å². The van der Waals surface area contributed by atoms with Gasteiger partial charge in [0.25, 0.3) is 0 Å². The van der Waals surface area contributed by atoms with Crippen LogP contribution in [-0.2, 0) is 6.42 Å². The number of aryl methyl sites for hydroxylation is 1. The van der Waals surface area contributed by atoms with E-state index in [-0.39, 0.29) is 0 Å². The van der Waals surface area contributed by atoms with E-state index in [1.54, 1.807) is 6.20 Å². The molecular weight excluding hydrogens is 366 g/mol. The molecule has 0 spiro atoms. The van der Waals surface area contributed by atoms with Crippen LogP contribution in [0.25, 0.3) is 0 Å². The molecule has 0 saturated heterocycles. The number of halogens is 2. The predicted octanol–water partition coefficient (Wildman–Crippen LogP) is 3.67. The minimum absolute atomic E-state index is 0.291. The van der Waals surface area contributed by atoms with Gasteiger partial charge in [0, 0.05) is 17.0 Å². The van der Waals surface area contributed by atoms with E-state index >= 15 is 0 Å². The number of nitrogens with one attached hydrogen (secondary N) is 1. The third-order valence-electron chi connectivity index (χ3n) is 2.65. The Morgan fingerprint density at radius 3 is 2.89 bits per heavy atom. The second-order valence-corrected chi connectivity index (χ2v) is 9.02. The molecule has 0 aliphatic carbocycles. The average Bonchev–Trinajstić information content (AvgIpc) is 2.68. The van der Waals surface area contributed by atoms with Crippen molar-refractivity contribution >= 4 is 59.0 Å². The van der Waals surface area contributed by atoms with Crippen molar-refractivity contribution in [1.82, 2.24) is 4.72 Å². The molecule has 0 fully saturated rings. The zero-order valence-corrected chi connectivity index (χ0v) is 14.0. The van der Waals surface area contributed by atoms with Crippen LogP contribution in [0.3, 0.4) is 0 Å². The van der Waals surface area contributed by atoms with Crippen molar-refractivity contribution in [3.63, 3.8) is 0 Å². The summed E-state index contributed by atoms with van der Waals surface area (Å²) in [4.78, 5) is 4.26. The van der Waals surface area contributed by atoms with Crippen LogP contribution in [0.5, 0.6) is 0 Å². The Hall–Kier alpha value is -0.560. The first-order chi connectivity index (χ1) is 9.02. The van der Waals surface area contributed by atoms with Gasteiger partial charge in [0.05, 0.1) is 0 Å². The SMILES string of the molecule is NC(=S)NS1(CCc2cccc(Cl)c2)C=CN=C1Br. The fraction of sp³-hybridized carbons (Fsp3) is 0.167. The molecule has 0 amide bonds. The Bertz CT molecular complexity index is 562. The van der Waals surface area contributed by atoms with Gasteiger partial charge >= 0.3 is 0 Å². The van der Waals surface area contributed by atoms with Gasteiger partial charge in [0.1, 0.15) is 3.95 Å². The molecule has 102 valence electrons. The maximum absolute atomic E-state index is 5.99. The van der Waals surface area contributed by atoms with Crippen molar-refractivity contribution in [2.75, 3.05) is 5.75 Å². The Labute approximate surface area is 132 Å². The molecule has 0 saturated carbocycles. The van der Waals surface area contributed by atoms with Crippen LogP contribution in [0, 0.1) is 0 Å². The van der Waals surface area contributed by atoms with Gasteiger partial charge in [-0.05, 0) is 57.7 Å². The van der Waals surface area contributed by atoms with E-state index in [0.29, 0.717) is 5.11 Å². The second kappa shape index (κ2) is 6.26. The highest BCUT2D eigenvalue weighted by Gasteiger charge is 2.29. The smallest absolute Gasteiger partial charge is 0.173 e. The summed E-state index contributed by atoms with van der Waals surface area (Å²) in [5.41, 5.74) is 6.81. The molecule has 2 rings (SSSR count). The Morgan fingerprint density at radius 2 is 2.32 bits per heavy atom. The summed E-state index contributed by atoms with van der Waals surface area (Å²) in [5.74, 6) is 0.866. The molecular formula is C12H13BrClN3S2. The van der Waals surface area contributed by atoms with Crippen molar-refractivity contribution in [3.8, 4) is 0 Å². The standard InChI is InChI=1S/C12H13BrClN3S2/c13-11-16-5-7-19(11,17-12(15)18)6-4-9-2-1-3-10(14)8-9/h1-3,5,7-8H,4,6H2,(H3,15,17,18). The van der Waals surface area contributed by atoms with E-state index in [1.165, 1.54) is 5.56 Å². The van der Waals surface area contributed by atoms with Crippen molar-refractivity contribution < 1.29 is 0 Å². The van der Waals surface area contributed by atoms with Crippen LogP contribution in [0.15, 0.2) is 40.9 Å². The summed E-state index contributed by atoms with van der Waals surface area (Å²) >= 11 is 14.5. The van der Waals surface area contributed by atoms with Crippen molar-refractivity contribution in [3.05, 3.63) is 46.5 Å². The van der Waals surface area contributed by atoms with Gasteiger partial charge in [-0.1, -0.05) is 33.9 Å². The second-order valence-electron chi connectivity index (χ2n) is 4.01. The lowest BCUT2D eigenvalue weighted by atomic mass is 10.2. The molecule has 3 nitrogen and oxygen atoms in total. The quantitative estimate of drug-likeness (QED) is 0.786. The highest BCUT2D eigenvalue weighted by molar-refractivity contribution is 9.23.